The fraction of sp³-hybridized carbons (Fsp3) is 0.148. The summed E-state index contributed by atoms with van der Waals surface area (Å²) in [5.41, 5.74) is -1.04. The Morgan fingerprint density at radius 3 is 2.46 bits per heavy atom. The van der Waals surface area contributed by atoms with Crippen molar-refractivity contribution in [3.05, 3.63) is 87.3 Å². The van der Waals surface area contributed by atoms with Gasteiger partial charge in [-0.1, -0.05) is 29.8 Å². The number of nitrogens with one attached hydrogen (secondary N) is 1. The first-order chi connectivity index (χ1) is 19.5. The van der Waals surface area contributed by atoms with Crippen molar-refractivity contribution in [1.82, 2.24) is 9.78 Å². The number of aromatic carboxylic acids is 1. The van der Waals surface area contributed by atoms with Crippen molar-refractivity contribution in [3.8, 4) is 11.5 Å². The molecule has 1 aliphatic rings. The molecule has 4 aromatic rings. The fourth-order valence-electron chi connectivity index (χ4n) is 4.32. The minimum Gasteiger partial charge on any atom is -0.478 e. The van der Waals surface area contributed by atoms with E-state index in [9.17, 15) is 33.1 Å². The maximum atomic E-state index is 13.5. The third-order valence-electron chi connectivity index (χ3n) is 6.14. The average molecular weight is 585 g/mol. The van der Waals surface area contributed by atoms with Crippen LogP contribution in [0.1, 0.15) is 27.8 Å². The Hall–Kier alpha value is -5.04. The summed E-state index contributed by atoms with van der Waals surface area (Å²) in [5.74, 6) is -3.26. The number of rotatable bonds is 7. The number of carbonyl (C=O) groups excluding carboxylic acids is 2. The predicted octanol–water partition coefficient (Wildman–Crippen LogP) is 4.38. The molecule has 0 bridgehead atoms. The molecule has 0 fully saturated rings. The van der Waals surface area contributed by atoms with Crippen molar-refractivity contribution in [2.45, 2.75) is 19.8 Å². The summed E-state index contributed by atoms with van der Waals surface area (Å²) in [5, 5.41) is 16.5. The largest absolute Gasteiger partial charge is 0.586 e. The summed E-state index contributed by atoms with van der Waals surface area (Å²) in [4.78, 5) is 52.7. The Morgan fingerprint density at radius 1 is 1.05 bits per heavy atom. The number of hydrogen-bond acceptors (Lipinski definition) is 7. The van der Waals surface area contributed by atoms with Crippen LogP contribution in [0.3, 0.4) is 0 Å². The van der Waals surface area contributed by atoms with E-state index in [1.807, 2.05) is 0 Å². The molecule has 2 N–H and O–H groups in total. The summed E-state index contributed by atoms with van der Waals surface area (Å²) in [6.07, 6.45) is -3.84. The van der Waals surface area contributed by atoms with Gasteiger partial charge in [0.05, 0.1) is 16.6 Å². The molecule has 0 radical (unpaired) electrons. The Kier molecular flexibility index (Phi) is 7.05. The molecule has 2 heterocycles. The van der Waals surface area contributed by atoms with Crippen LogP contribution in [0.15, 0.2) is 65.5 Å². The van der Waals surface area contributed by atoms with Crippen LogP contribution in [-0.2, 0) is 11.3 Å². The van der Waals surface area contributed by atoms with Gasteiger partial charge in [-0.15, -0.1) is 8.78 Å². The van der Waals surface area contributed by atoms with Gasteiger partial charge in [-0.3, -0.25) is 14.4 Å². The van der Waals surface area contributed by atoms with Crippen molar-refractivity contribution in [2.75, 3.05) is 16.8 Å². The topological polar surface area (TPSA) is 140 Å². The van der Waals surface area contributed by atoms with Gasteiger partial charge in [0.25, 0.3) is 11.5 Å². The Morgan fingerprint density at radius 2 is 1.76 bits per heavy atom. The molecule has 14 heteroatoms. The van der Waals surface area contributed by atoms with E-state index in [-0.39, 0.29) is 56.5 Å². The minimum atomic E-state index is -3.84. The molecule has 0 aliphatic carbocycles. The van der Waals surface area contributed by atoms with E-state index in [0.717, 1.165) is 4.68 Å². The maximum absolute atomic E-state index is 13.5. The van der Waals surface area contributed by atoms with Crippen LogP contribution in [0.5, 0.6) is 11.5 Å². The predicted molar refractivity (Wildman–Crippen MR) is 143 cm³/mol. The third-order valence-corrected chi connectivity index (χ3v) is 6.38. The molecule has 0 unspecified atom stereocenters. The molecule has 210 valence electrons. The highest BCUT2D eigenvalue weighted by molar-refractivity contribution is 6.31. The number of nitrogens with zero attached hydrogens (tertiary/aromatic N) is 3. The van der Waals surface area contributed by atoms with Crippen LogP contribution in [0.4, 0.5) is 20.2 Å². The number of likely N-dealkylation sites (N-methyl/N-ethyl adjacent to an activating group) is 1. The van der Waals surface area contributed by atoms with Crippen molar-refractivity contribution in [1.29, 1.82) is 0 Å². The second-order valence-electron chi connectivity index (χ2n) is 8.74. The van der Waals surface area contributed by atoms with E-state index in [4.69, 9.17) is 11.6 Å². The molecule has 0 saturated carbocycles. The second-order valence-corrected chi connectivity index (χ2v) is 9.18. The number of ether oxygens (including phenoxy) is 2. The van der Waals surface area contributed by atoms with Crippen LogP contribution in [-0.4, -0.2) is 45.5 Å². The number of anilines is 2. The van der Waals surface area contributed by atoms with Crippen LogP contribution < -0.4 is 25.2 Å². The van der Waals surface area contributed by atoms with Crippen LogP contribution in [0, 0.1) is 0 Å². The molecule has 2 amide bonds. The van der Waals surface area contributed by atoms with E-state index >= 15 is 0 Å². The monoisotopic (exact) mass is 584 g/mol. The molecule has 0 spiro atoms. The number of carbonyl (C=O) groups is 3. The second kappa shape index (κ2) is 10.5. The lowest BCUT2D eigenvalue weighted by molar-refractivity contribution is -0.286. The zero-order chi connectivity index (χ0) is 29.5. The zero-order valence-corrected chi connectivity index (χ0v) is 21.8. The van der Waals surface area contributed by atoms with Crippen molar-refractivity contribution >= 4 is 51.5 Å². The van der Waals surface area contributed by atoms with E-state index in [0.29, 0.717) is 0 Å². The summed E-state index contributed by atoms with van der Waals surface area (Å²) in [6.45, 7) is 1.12. The van der Waals surface area contributed by atoms with Gasteiger partial charge >= 0.3 is 12.3 Å². The Balaban J connectivity index is 1.49. The third kappa shape index (κ3) is 5.39. The highest BCUT2D eigenvalue weighted by Gasteiger charge is 2.43. The van der Waals surface area contributed by atoms with Gasteiger partial charge in [0.1, 0.15) is 6.54 Å². The van der Waals surface area contributed by atoms with Crippen molar-refractivity contribution in [3.63, 3.8) is 0 Å². The molecule has 0 saturated heterocycles. The van der Waals surface area contributed by atoms with Gasteiger partial charge in [0.15, 0.2) is 17.2 Å². The lowest BCUT2D eigenvalue weighted by Gasteiger charge is -2.22. The summed E-state index contributed by atoms with van der Waals surface area (Å²) < 4.78 is 36.6. The van der Waals surface area contributed by atoms with Gasteiger partial charge in [-0.25, -0.2) is 9.48 Å². The van der Waals surface area contributed by atoms with Crippen LogP contribution in [0.2, 0.25) is 5.02 Å². The number of alkyl halides is 2. The fourth-order valence-corrected chi connectivity index (χ4v) is 4.49. The van der Waals surface area contributed by atoms with Gasteiger partial charge in [-0.05, 0) is 43.3 Å². The average Bonchev–Trinajstić information content (AvgIpc) is 3.23. The number of amides is 2. The van der Waals surface area contributed by atoms with E-state index in [1.54, 1.807) is 19.1 Å². The first-order valence-electron chi connectivity index (χ1n) is 12.0. The van der Waals surface area contributed by atoms with Gasteiger partial charge in [0.2, 0.25) is 5.91 Å². The van der Waals surface area contributed by atoms with Crippen molar-refractivity contribution in [2.24, 2.45) is 0 Å². The number of carboxylic acid groups (broad SMARTS) is 1. The van der Waals surface area contributed by atoms with E-state index < -0.39 is 36.2 Å². The molecule has 3 aromatic carbocycles. The standard InChI is InChI=1S/C27H19ClF2N4O7/c1-2-33(15-8-10-20-21(12-15)41-27(29,30)40-20)22(35)13-34-25(37)17-6-4-3-5-16(17)23(32-34)24(36)31-19-11-14(28)7-9-18(19)26(38)39/h3-12H,2,13H2,1H3,(H,31,36)(H,38,39). The maximum Gasteiger partial charge on any atom is 0.586 e. The molecule has 1 aliphatic heterocycles. The number of hydrogen-bond donors (Lipinski definition) is 2. The molecular weight excluding hydrogens is 566 g/mol. The van der Waals surface area contributed by atoms with Gasteiger partial charge in [-0.2, -0.15) is 5.10 Å². The van der Waals surface area contributed by atoms with Crippen LogP contribution >= 0.6 is 11.6 Å². The molecule has 41 heavy (non-hydrogen) atoms. The number of fused-ring (bicyclic) bond motifs is 2. The normalized spacial score (nSPS) is 13.2. The Labute approximate surface area is 234 Å². The smallest absolute Gasteiger partial charge is 0.478 e. The molecular formula is C27H19ClF2N4O7. The summed E-state index contributed by atoms with van der Waals surface area (Å²) in [6, 6.07) is 13.7. The number of carboxylic acids is 1. The zero-order valence-electron chi connectivity index (χ0n) is 21.1. The molecule has 0 atom stereocenters. The lowest BCUT2D eigenvalue weighted by atomic mass is 10.1. The lowest BCUT2D eigenvalue weighted by Crippen LogP contribution is -2.38. The highest BCUT2D eigenvalue weighted by Crippen LogP contribution is 2.42. The SMILES string of the molecule is CCN(C(=O)Cn1nc(C(=O)Nc2cc(Cl)ccc2C(=O)O)c2ccccc2c1=O)c1ccc2c(c1)OC(F)(F)O2. The summed E-state index contributed by atoms with van der Waals surface area (Å²) >= 11 is 5.99. The first-order valence-corrected chi connectivity index (χ1v) is 12.4. The molecule has 5 rings (SSSR count). The number of benzene rings is 3. The highest BCUT2D eigenvalue weighted by atomic mass is 35.5. The van der Waals surface area contributed by atoms with Gasteiger partial charge in [0, 0.05) is 28.7 Å². The van der Waals surface area contributed by atoms with E-state index in [2.05, 4.69) is 19.9 Å². The van der Waals surface area contributed by atoms with Crippen LogP contribution in [0.25, 0.3) is 10.8 Å². The quantitative estimate of drug-likeness (QED) is 0.326. The van der Waals surface area contributed by atoms with Gasteiger partial charge < -0.3 is 24.8 Å². The minimum absolute atomic E-state index is 0.0818. The van der Waals surface area contributed by atoms with Crippen molar-refractivity contribution < 1.29 is 37.7 Å². The summed E-state index contributed by atoms with van der Waals surface area (Å²) in [7, 11) is 0. The molecule has 11 nitrogen and oxygen atoms in total. The number of halogens is 3. The number of aromatic nitrogens is 2. The first kappa shape index (κ1) is 27.5. The van der Waals surface area contributed by atoms with E-state index in [1.165, 1.54) is 53.4 Å². The Bertz CT molecular complexity index is 1790. The molecule has 1 aromatic heterocycles.